The lowest BCUT2D eigenvalue weighted by Gasteiger charge is -2.40. The van der Waals surface area contributed by atoms with Crippen LogP contribution in [0.15, 0.2) is 84.0 Å². The molecular formula is C41H40Cl2FN11O3. The lowest BCUT2D eigenvalue weighted by molar-refractivity contribution is -0.133. The third kappa shape index (κ3) is 7.52. The molecule has 3 aromatic carbocycles. The van der Waals surface area contributed by atoms with E-state index >= 15 is 4.39 Å². The van der Waals surface area contributed by atoms with Gasteiger partial charge in [-0.1, -0.05) is 29.3 Å². The number of rotatable bonds is 9. The highest BCUT2D eigenvalue weighted by molar-refractivity contribution is 6.37. The Hall–Kier alpha value is -5.77. The van der Waals surface area contributed by atoms with E-state index in [1.54, 1.807) is 47.1 Å². The average molecular weight is 825 g/mol. The number of nitrogens with one attached hydrogen (secondary N) is 3. The smallest absolute Gasteiger partial charge is 0.270 e. The summed E-state index contributed by atoms with van der Waals surface area (Å²) in [6, 6.07) is 17.7. The molecule has 6 heterocycles. The zero-order chi connectivity index (χ0) is 39.9. The Morgan fingerprint density at radius 1 is 0.845 bits per heavy atom. The van der Waals surface area contributed by atoms with Gasteiger partial charge in [-0.15, -0.1) is 0 Å². The summed E-state index contributed by atoms with van der Waals surface area (Å²) in [5, 5.41) is 9.59. The number of benzene rings is 3. The molecule has 14 nitrogen and oxygen atoms in total. The highest BCUT2D eigenvalue weighted by Gasteiger charge is 2.28. The van der Waals surface area contributed by atoms with Crippen LogP contribution in [0, 0.1) is 11.7 Å². The number of para-hydroxylation sites is 1. The van der Waals surface area contributed by atoms with Crippen molar-refractivity contribution in [2.24, 2.45) is 5.92 Å². The van der Waals surface area contributed by atoms with E-state index in [9.17, 15) is 14.4 Å². The number of carbonyl (C=O) groups is 2. The number of piperazine rings is 1. The van der Waals surface area contributed by atoms with Crippen LogP contribution in [0.25, 0.3) is 22.5 Å². The van der Waals surface area contributed by atoms with Crippen LogP contribution in [0.1, 0.15) is 25.7 Å². The van der Waals surface area contributed by atoms with E-state index in [0.29, 0.717) is 56.8 Å². The first-order valence-electron chi connectivity index (χ1n) is 19.4. The minimum absolute atomic E-state index is 0.264. The van der Waals surface area contributed by atoms with E-state index in [1.807, 2.05) is 12.1 Å². The Balaban J connectivity index is 0.773. The molecule has 0 saturated carbocycles. The number of anilines is 5. The molecule has 17 heteroatoms. The van der Waals surface area contributed by atoms with Crippen molar-refractivity contribution >= 4 is 80.5 Å². The summed E-state index contributed by atoms with van der Waals surface area (Å²) < 4.78 is 18.3. The maximum absolute atomic E-state index is 15.2. The molecule has 3 aliphatic heterocycles. The second-order valence-corrected chi connectivity index (χ2v) is 15.8. The summed E-state index contributed by atoms with van der Waals surface area (Å²) in [4.78, 5) is 57.8. The molecule has 3 fully saturated rings. The number of carbonyl (C=O) groups excluding carboxylic acids is 2. The van der Waals surface area contributed by atoms with Crippen LogP contribution in [0.4, 0.5) is 33.1 Å². The summed E-state index contributed by atoms with van der Waals surface area (Å²) in [5.74, 6) is 0.277. The molecule has 3 aromatic heterocycles. The van der Waals surface area contributed by atoms with Gasteiger partial charge in [0.25, 0.3) is 5.56 Å². The number of imidazole rings is 1. The highest BCUT2D eigenvalue weighted by atomic mass is 35.5. The van der Waals surface area contributed by atoms with Crippen LogP contribution in [-0.4, -0.2) is 92.5 Å². The van der Waals surface area contributed by atoms with Crippen LogP contribution >= 0.6 is 23.2 Å². The molecule has 3 N–H and O–H groups in total. The van der Waals surface area contributed by atoms with Gasteiger partial charge < -0.3 is 20.4 Å². The second kappa shape index (κ2) is 15.9. The molecule has 0 bridgehead atoms. The third-order valence-electron chi connectivity index (χ3n) is 11.3. The number of imide groups is 1. The number of fused-ring (bicyclic) bond motifs is 3. The highest BCUT2D eigenvalue weighted by Crippen LogP contribution is 2.31. The number of nitrogens with zero attached hydrogens (tertiary/aromatic N) is 8. The topological polar surface area (TPSA) is 145 Å². The molecule has 298 valence electrons. The zero-order valence-corrected chi connectivity index (χ0v) is 32.9. The number of amides is 2. The third-order valence-corrected chi connectivity index (χ3v) is 11.9. The van der Waals surface area contributed by atoms with Gasteiger partial charge in [0.05, 0.1) is 21.4 Å². The summed E-state index contributed by atoms with van der Waals surface area (Å²) in [5.41, 5.74) is 3.42. The molecule has 6 aromatic rings. The maximum Gasteiger partial charge on any atom is 0.270 e. The standard InChI is InChI=1S/C41H40Cl2FN11O3/c42-30-2-1-3-31(43)36(30)55-39(58)29-23-46-40(50-37(29)54-17-14-45-41(54)55)48-26-4-7-28(8-5-26)52-15-12-25(13-16-52)24-51-18-20-53(21-19-51)34-10-6-27(22-32(34)44)47-33-9-11-35(56)49-38(33)57/h1-8,10,14,17,22-23,25,33,47H,9,11-13,15-16,18-21,24H2,(H,46,48,50)(H,49,56,57). The first kappa shape index (κ1) is 37.8. The molecule has 0 aliphatic carbocycles. The van der Waals surface area contributed by atoms with E-state index in [-0.39, 0.29) is 35.0 Å². The van der Waals surface area contributed by atoms with Crippen molar-refractivity contribution in [1.82, 2.24) is 34.1 Å². The fourth-order valence-electron chi connectivity index (χ4n) is 8.19. The quantitative estimate of drug-likeness (QED) is 0.151. The number of hydrogen-bond donors (Lipinski definition) is 3. The Morgan fingerprint density at radius 3 is 2.31 bits per heavy atom. The number of piperidine rings is 2. The summed E-state index contributed by atoms with van der Waals surface area (Å²) in [6.07, 6.45) is 7.65. The van der Waals surface area contributed by atoms with E-state index < -0.39 is 6.04 Å². The molecule has 1 atom stereocenters. The predicted octanol–water partition coefficient (Wildman–Crippen LogP) is 5.87. The fraction of sp³-hybridized carbons (Fsp3) is 0.317. The van der Waals surface area contributed by atoms with Gasteiger partial charge in [-0.3, -0.25) is 29.0 Å². The van der Waals surface area contributed by atoms with Crippen molar-refractivity contribution in [3.8, 4) is 5.69 Å². The van der Waals surface area contributed by atoms with Gasteiger partial charge >= 0.3 is 0 Å². The lowest BCUT2D eigenvalue weighted by Crippen LogP contribution is -2.49. The van der Waals surface area contributed by atoms with Gasteiger partial charge in [0, 0.05) is 87.9 Å². The van der Waals surface area contributed by atoms with Crippen molar-refractivity contribution in [3.63, 3.8) is 0 Å². The van der Waals surface area contributed by atoms with Gasteiger partial charge in [0.2, 0.25) is 23.5 Å². The van der Waals surface area contributed by atoms with Crippen LogP contribution < -0.4 is 31.3 Å². The SMILES string of the molecule is O=C1CCC(Nc2ccc(N3CCN(CC4CCN(c5ccc(Nc6ncc7c(=O)n(-c8c(Cl)cccc8Cl)c8nccn8c7n6)cc5)CC4)CC3)c(F)c2)C(=O)N1. The Kier molecular flexibility index (Phi) is 10.3. The lowest BCUT2D eigenvalue weighted by atomic mass is 9.95. The van der Waals surface area contributed by atoms with Crippen LogP contribution in [0.3, 0.4) is 0 Å². The van der Waals surface area contributed by atoms with Crippen LogP contribution in [0.5, 0.6) is 0 Å². The normalized spacial score (nSPS) is 18.2. The van der Waals surface area contributed by atoms with E-state index in [4.69, 9.17) is 28.2 Å². The van der Waals surface area contributed by atoms with Gasteiger partial charge in [0.15, 0.2) is 5.65 Å². The molecule has 58 heavy (non-hydrogen) atoms. The van der Waals surface area contributed by atoms with E-state index in [0.717, 1.165) is 70.0 Å². The number of halogens is 3. The molecule has 0 radical (unpaired) electrons. The minimum atomic E-state index is -0.551. The largest absolute Gasteiger partial charge is 0.374 e. The van der Waals surface area contributed by atoms with Crippen molar-refractivity contribution < 1.29 is 14.0 Å². The first-order chi connectivity index (χ1) is 28.2. The Bertz CT molecular complexity index is 2570. The van der Waals surface area contributed by atoms with Gasteiger partial charge in [-0.25, -0.2) is 18.9 Å². The molecule has 9 rings (SSSR count). The van der Waals surface area contributed by atoms with Crippen molar-refractivity contribution in [1.29, 1.82) is 0 Å². The van der Waals surface area contributed by atoms with Crippen molar-refractivity contribution in [2.45, 2.75) is 31.7 Å². The summed E-state index contributed by atoms with van der Waals surface area (Å²) >= 11 is 12.9. The summed E-state index contributed by atoms with van der Waals surface area (Å²) in [6.45, 7) is 6.18. The van der Waals surface area contributed by atoms with E-state index in [2.05, 4.69) is 52.8 Å². The first-order valence-corrected chi connectivity index (χ1v) is 20.1. The molecule has 1 unspecified atom stereocenters. The van der Waals surface area contributed by atoms with Crippen LogP contribution in [0.2, 0.25) is 10.0 Å². The number of aromatic nitrogens is 5. The Morgan fingerprint density at radius 2 is 1.59 bits per heavy atom. The molecule has 3 aliphatic rings. The average Bonchev–Trinajstić information content (AvgIpc) is 3.71. The Labute approximate surface area is 342 Å². The predicted molar refractivity (Wildman–Crippen MR) is 223 cm³/mol. The molecular weight excluding hydrogens is 784 g/mol. The van der Waals surface area contributed by atoms with Crippen molar-refractivity contribution in [2.75, 3.05) is 66.2 Å². The molecule has 3 saturated heterocycles. The van der Waals surface area contributed by atoms with Crippen molar-refractivity contribution in [3.05, 3.63) is 105 Å². The van der Waals surface area contributed by atoms with Gasteiger partial charge in [-0.2, -0.15) is 4.98 Å². The zero-order valence-electron chi connectivity index (χ0n) is 31.4. The van der Waals surface area contributed by atoms with Gasteiger partial charge in [0.1, 0.15) is 17.2 Å². The summed E-state index contributed by atoms with van der Waals surface area (Å²) in [7, 11) is 0. The maximum atomic E-state index is 15.2. The van der Waals surface area contributed by atoms with Crippen LogP contribution in [-0.2, 0) is 9.59 Å². The number of hydrogen-bond acceptors (Lipinski definition) is 11. The van der Waals surface area contributed by atoms with E-state index in [1.165, 1.54) is 16.8 Å². The fourth-order valence-corrected chi connectivity index (χ4v) is 8.76. The monoisotopic (exact) mass is 823 g/mol. The molecule has 2 amide bonds. The minimum Gasteiger partial charge on any atom is -0.374 e. The molecule has 0 spiro atoms. The van der Waals surface area contributed by atoms with Gasteiger partial charge in [-0.05, 0) is 79.8 Å². The second-order valence-electron chi connectivity index (χ2n) is 14.9.